The van der Waals surface area contributed by atoms with Crippen molar-refractivity contribution in [2.75, 3.05) is 23.3 Å². The van der Waals surface area contributed by atoms with E-state index in [0.29, 0.717) is 30.8 Å². The number of nitrogens with zero attached hydrogens (tertiary/aromatic N) is 2. The molecule has 1 N–H and O–H groups in total. The first-order valence-electron chi connectivity index (χ1n) is 11.3. The molecular formula is C26H22F5N3O3. The summed E-state index contributed by atoms with van der Waals surface area (Å²) in [7, 11) is 0. The van der Waals surface area contributed by atoms with Crippen LogP contribution >= 0.6 is 0 Å². The summed E-state index contributed by atoms with van der Waals surface area (Å²) in [4.78, 5) is 29.0. The number of urea groups is 1. The second-order valence-electron chi connectivity index (χ2n) is 8.47. The Bertz CT molecular complexity index is 1290. The fourth-order valence-electron chi connectivity index (χ4n) is 4.05. The van der Waals surface area contributed by atoms with Crippen LogP contribution in [0.2, 0.25) is 0 Å². The van der Waals surface area contributed by atoms with Crippen LogP contribution < -0.4 is 15.0 Å². The predicted molar refractivity (Wildman–Crippen MR) is 126 cm³/mol. The second-order valence-corrected chi connectivity index (χ2v) is 8.47. The summed E-state index contributed by atoms with van der Waals surface area (Å²) in [6, 6.07) is 12.9. The van der Waals surface area contributed by atoms with Crippen LogP contribution in [0.1, 0.15) is 27.9 Å². The molecule has 1 fully saturated rings. The molecule has 0 aliphatic carbocycles. The van der Waals surface area contributed by atoms with E-state index in [9.17, 15) is 31.5 Å². The van der Waals surface area contributed by atoms with Gasteiger partial charge in [-0.15, -0.1) is 13.2 Å². The number of anilines is 2. The molecule has 0 atom stereocenters. The summed E-state index contributed by atoms with van der Waals surface area (Å²) < 4.78 is 69.3. The molecule has 1 aliphatic rings. The molecule has 1 saturated heterocycles. The van der Waals surface area contributed by atoms with Crippen LogP contribution in [0, 0.1) is 18.6 Å². The number of halogens is 5. The largest absolute Gasteiger partial charge is 0.573 e. The van der Waals surface area contributed by atoms with Crippen LogP contribution in [0.4, 0.5) is 38.1 Å². The third-order valence-electron chi connectivity index (χ3n) is 5.72. The van der Waals surface area contributed by atoms with E-state index in [4.69, 9.17) is 0 Å². The molecule has 194 valence electrons. The molecule has 6 nitrogen and oxygen atoms in total. The van der Waals surface area contributed by atoms with Gasteiger partial charge < -0.3 is 15.0 Å². The number of rotatable bonds is 6. The van der Waals surface area contributed by atoms with Gasteiger partial charge in [0.1, 0.15) is 22.9 Å². The molecule has 3 aromatic rings. The molecule has 4 rings (SSSR count). The highest BCUT2D eigenvalue weighted by atomic mass is 19.4. The molecule has 11 heteroatoms. The van der Waals surface area contributed by atoms with E-state index < -0.39 is 35.5 Å². The molecule has 0 spiro atoms. The van der Waals surface area contributed by atoms with Crippen LogP contribution in [0.25, 0.3) is 0 Å². The Morgan fingerprint density at radius 1 is 1.00 bits per heavy atom. The number of alkyl halides is 3. The van der Waals surface area contributed by atoms with Crippen molar-refractivity contribution in [3.05, 3.63) is 89.0 Å². The van der Waals surface area contributed by atoms with Crippen molar-refractivity contribution in [1.29, 1.82) is 0 Å². The molecule has 1 heterocycles. The molecule has 0 bridgehead atoms. The Kier molecular flexibility index (Phi) is 7.33. The van der Waals surface area contributed by atoms with Gasteiger partial charge in [-0.05, 0) is 60.9 Å². The Labute approximate surface area is 209 Å². The minimum atomic E-state index is -4.80. The number of carbonyl (C=O) groups excluding carboxylic acids is 2. The van der Waals surface area contributed by atoms with Gasteiger partial charge in [0.2, 0.25) is 0 Å². The first kappa shape index (κ1) is 25.9. The summed E-state index contributed by atoms with van der Waals surface area (Å²) in [5.41, 5.74) is 1.16. The molecule has 0 unspecified atom stereocenters. The monoisotopic (exact) mass is 519 g/mol. The van der Waals surface area contributed by atoms with Crippen molar-refractivity contribution in [2.45, 2.75) is 26.3 Å². The lowest BCUT2D eigenvalue weighted by molar-refractivity contribution is -0.274. The maximum absolute atomic E-state index is 14.1. The first-order valence-corrected chi connectivity index (χ1v) is 11.3. The normalized spacial score (nSPS) is 14.1. The van der Waals surface area contributed by atoms with Crippen molar-refractivity contribution in [3.63, 3.8) is 0 Å². The van der Waals surface area contributed by atoms with E-state index in [1.165, 1.54) is 34.1 Å². The van der Waals surface area contributed by atoms with Crippen molar-refractivity contribution in [2.24, 2.45) is 0 Å². The van der Waals surface area contributed by atoms with Gasteiger partial charge in [-0.3, -0.25) is 9.69 Å². The Morgan fingerprint density at radius 3 is 2.32 bits per heavy atom. The molecule has 1 aliphatic heterocycles. The predicted octanol–water partition coefficient (Wildman–Crippen LogP) is 6.26. The quantitative estimate of drug-likeness (QED) is 0.392. The van der Waals surface area contributed by atoms with Gasteiger partial charge in [0.05, 0.1) is 11.4 Å². The van der Waals surface area contributed by atoms with Crippen LogP contribution in [0.15, 0.2) is 60.7 Å². The lowest BCUT2D eigenvalue weighted by Crippen LogP contribution is -2.49. The zero-order chi connectivity index (χ0) is 26.7. The summed E-state index contributed by atoms with van der Waals surface area (Å²) in [5.74, 6) is -3.39. The van der Waals surface area contributed by atoms with Gasteiger partial charge >= 0.3 is 12.4 Å². The maximum Gasteiger partial charge on any atom is 0.573 e. The number of aryl methyl sites for hydroxylation is 1. The van der Waals surface area contributed by atoms with Gasteiger partial charge in [-0.25, -0.2) is 13.6 Å². The van der Waals surface area contributed by atoms with E-state index in [1.807, 2.05) is 0 Å². The number of carbonyl (C=O) groups is 2. The highest BCUT2D eigenvalue weighted by Gasteiger charge is 2.32. The zero-order valence-corrected chi connectivity index (χ0v) is 19.6. The lowest BCUT2D eigenvalue weighted by atomic mass is 10.1. The number of benzene rings is 3. The summed E-state index contributed by atoms with van der Waals surface area (Å²) >= 11 is 0. The van der Waals surface area contributed by atoms with E-state index in [1.54, 1.807) is 25.1 Å². The number of hydrogen-bond donors (Lipinski definition) is 1. The molecule has 0 saturated carbocycles. The van der Waals surface area contributed by atoms with Gasteiger partial charge in [-0.2, -0.15) is 0 Å². The van der Waals surface area contributed by atoms with E-state index in [0.717, 1.165) is 23.8 Å². The number of hydrogen-bond acceptors (Lipinski definition) is 3. The molecule has 0 aromatic heterocycles. The summed E-state index contributed by atoms with van der Waals surface area (Å²) in [6.45, 7) is 2.63. The van der Waals surface area contributed by atoms with Gasteiger partial charge in [-0.1, -0.05) is 24.3 Å². The lowest BCUT2D eigenvalue weighted by Gasteiger charge is -2.36. The van der Waals surface area contributed by atoms with Gasteiger partial charge in [0, 0.05) is 19.6 Å². The Balaban J connectivity index is 1.54. The van der Waals surface area contributed by atoms with Crippen molar-refractivity contribution < 1.29 is 36.3 Å². The van der Waals surface area contributed by atoms with Crippen LogP contribution in [-0.2, 0) is 6.54 Å². The standard InChI is InChI=1S/C26H22F5N3O3/c1-16-6-11-22(21(14-16)32-24(35)23-19(27)4-2-5-20(23)28)34-13-3-12-33(25(34)36)15-17-7-9-18(10-8-17)37-26(29,30)31/h2,4-11,14H,3,12-13,15H2,1H3,(H,32,35). The maximum atomic E-state index is 14.1. The molecule has 3 aromatic carbocycles. The van der Waals surface area contributed by atoms with Crippen molar-refractivity contribution in [3.8, 4) is 5.75 Å². The Hall–Kier alpha value is -4.15. The van der Waals surface area contributed by atoms with Gasteiger partial charge in [0.15, 0.2) is 0 Å². The summed E-state index contributed by atoms with van der Waals surface area (Å²) in [5, 5.41) is 2.52. The average Bonchev–Trinajstić information content (AvgIpc) is 2.81. The third-order valence-corrected chi connectivity index (χ3v) is 5.72. The molecule has 0 radical (unpaired) electrons. The highest BCUT2D eigenvalue weighted by molar-refractivity contribution is 6.08. The van der Waals surface area contributed by atoms with Crippen molar-refractivity contribution >= 4 is 23.3 Å². The average molecular weight is 519 g/mol. The van der Waals surface area contributed by atoms with E-state index >= 15 is 0 Å². The number of amides is 3. The minimum Gasteiger partial charge on any atom is -0.406 e. The number of nitrogens with one attached hydrogen (secondary N) is 1. The second kappa shape index (κ2) is 10.5. The van der Waals surface area contributed by atoms with Crippen molar-refractivity contribution in [1.82, 2.24) is 4.90 Å². The summed E-state index contributed by atoms with van der Waals surface area (Å²) in [6.07, 6.45) is -4.23. The molecule has 37 heavy (non-hydrogen) atoms. The van der Waals surface area contributed by atoms with Gasteiger partial charge in [0.25, 0.3) is 5.91 Å². The first-order chi connectivity index (χ1) is 17.5. The minimum absolute atomic E-state index is 0.135. The smallest absolute Gasteiger partial charge is 0.406 e. The van der Waals surface area contributed by atoms with Crippen LogP contribution in [0.5, 0.6) is 5.75 Å². The third kappa shape index (κ3) is 6.16. The van der Waals surface area contributed by atoms with E-state index in [-0.39, 0.29) is 18.0 Å². The fourth-order valence-corrected chi connectivity index (χ4v) is 4.05. The molecule has 3 amide bonds. The zero-order valence-electron chi connectivity index (χ0n) is 19.6. The fraction of sp³-hybridized carbons (Fsp3) is 0.231. The van der Waals surface area contributed by atoms with Crippen LogP contribution in [0.3, 0.4) is 0 Å². The Morgan fingerprint density at radius 2 is 1.68 bits per heavy atom. The topological polar surface area (TPSA) is 61.9 Å². The SMILES string of the molecule is Cc1ccc(N2CCCN(Cc3ccc(OC(F)(F)F)cc3)C2=O)c(NC(=O)c2c(F)cccc2F)c1. The highest BCUT2D eigenvalue weighted by Crippen LogP contribution is 2.31. The van der Waals surface area contributed by atoms with E-state index in [2.05, 4.69) is 10.1 Å². The van der Waals surface area contributed by atoms with Crippen LogP contribution in [-0.4, -0.2) is 36.3 Å². The molecular weight excluding hydrogens is 497 g/mol. The number of ether oxygens (including phenoxy) is 1.